The zero-order valence-corrected chi connectivity index (χ0v) is 18.0. The van der Waals surface area contributed by atoms with Crippen LogP contribution >= 0.6 is 0 Å². The van der Waals surface area contributed by atoms with Gasteiger partial charge in [0.2, 0.25) is 5.91 Å². The van der Waals surface area contributed by atoms with Crippen LogP contribution in [0.5, 0.6) is 0 Å². The van der Waals surface area contributed by atoms with Crippen LogP contribution in [0, 0.1) is 13.8 Å². The molecule has 29 heavy (non-hydrogen) atoms. The van der Waals surface area contributed by atoms with E-state index in [2.05, 4.69) is 30.5 Å². The maximum Gasteiger partial charge on any atom is 0.251 e. The Kier molecular flexibility index (Phi) is 6.78. The van der Waals surface area contributed by atoms with Gasteiger partial charge in [0.05, 0.1) is 5.56 Å². The van der Waals surface area contributed by atoms with Gasteiger partial charge >= 0.3 is 0 Å². The fourth-order valence-electron chi connectivity index (χ4n) is 4.51. The Labute approximate surface area is 173 Å². The van der Waals surface area contributed by atoms with Gasteiger partial charge in [-0.15, -0.1) is 0 Å². The predicted molar refractivity (Wildman–Crippen MR) is 117 cm³/mol. The molecule has 1 fully saturated rings. The molecular formula is C24H33N3O2. The van der Waals surface area contributed by atoms with E-state index in [0.717, 1.165) is 74.1 Å². The van der Waals surface area contributed by atoms with Crippen LogP contribution in [0.4, 0.5) is 0 Å². The monoisotopic (exact) mass is 395 g/mol. The molecule has 0 unspecified atom stereocenters. The number of carbonyl (C=O) groups excluding carboxylic acids is 2. The standard InChI is InChI=1S/C24H33N3O2/c1-4-5-12-20-23(19-11-7-6-10-17(19)2)22(24(25)29)18(3)27(20)16-9-15-26-14-8-13-21(26)28/h6-7,10-11H,4-5,8-9,12-16H2,1-3H3,(H2,25,29). The van der Waals surface area contributed by atoms with E-state index >= 15 is 0 Å². The molecule has 5 heteroatoms. The second-order valence-corrected chi connectivity index (χ2v) is 8.05. The molecule has 0 bridgehead atoms. The van der Waals surface area contributed by atoms with Crippen molar-refractivity contribution in [3.8, 4) is 11.1 Å². The quantitative estimate of drug-likeness (QED) is 0.690. The number of benzene rings is 1. The molecule has 0 aliphatic carbocycles. The lowest BCUT2D eigenvalue weighted by atomic mass is 9.94. The molecule has 2 N–H and O–H groups in total. The Morgan fingerprint density at radius 2 is 1.90 bits per heavy atom. The Hall–Kier alpha value is -2.56. The highest BCUT2D eigenvalue weighted by atomic mass is 16.2. The van der Waals surface area contributed by atoms with Crippen molar-refractivity contribution in [2.75, 3.05) is 13.1 Å². The summed E-state index contributed by atoms with van der Waals surface area (Å²) in [5.74, 6) is -0.106. The molecule has 0 spiro atoms. The number of hydrogen-bond donors (Lipinski definition) is 1. The number of aromatic nitrogens is 1. The highest BCUT2D eigenvalue weighted by Crippen LogP contribution is 2.35. The minimum atomic E-state index is -0.369. The van der Waals surface area contributed by atoms with Gasteiger partial charge < -0.3 is 15.2 Å². The molecule has 0 atom stereocenters. The average molecular weight is 396 g/mol. The summed E-state index contributed by atoms with van der Waals surface area (Å²) in [6.45, 7) is 8.69. The van der Waals surface area contributed by atoms with Gasteiger partial charge in [-0.3, -0.25) is 9.59 Å². The zero-order valence-electron chi connectivity index (χ0n) is 18.0. The summed E-state index contributed by atoms with van der Waals surface area (Å²) >= 11 is 0. The van der Waals surface area contributed by atoms with Crippen LogP contribution in [0.15, 0.2) is 24.3 Å². The summed E-state index contributed by atoms with van der Waals surface area (Å²) in [7, 11) is 0. The van der Waals surface area contributed by atoms with Crippen LogP contribution in [-0.2, 0) is 17.8 Å². The van der Waals surface area contributed by atoms with Crippen LogP contribution in [-0.4, -0.2) is 34.4 Å². The van der Waals surface area contributed by atoms with E-state index in [-0.39, 0.29) is 11.8 Å². The van der Waals surface area contributed by atoms with Crippen LogP contribution in [0.3, 0.4) is 0 Å². The number of unbranched alkanes of at least 4 members (excludes halogenated alkanes) is 1. The maximum absolute atomic E-state index is 12.4. The fourth-order valence-corrected chi connectivity index (χ4v) is 4.51. The molecule has 1 aliphatic rings. The van der Waals surface area contributed by atoms with E-state index in [1.165, 1.54) is 5.69 Å². The van der Waals surface area contributed by atoms with Crippen LogP contribution < -0.4 is 5.73 Å². The number of hydrogen-bond acceptors (Lipinski definition) is 2. The van der Waals surface area contributed by atoms with Crippen molar-refractivity contribution in [3.63, 3.8) is 0 Å². The van der Waals surface area contributed by atoms with Gasteiger partial charge in [-0.25, -0.2) is 0 Å². The molecular weight excluding hydrogens is 362 g/mol. The van der Waals surface area contributed by atoms with E-state index in [0.29, 0.717) is 12.0 Å². The molecule has 1 saturated heterocycles. The number of amides is 2. The SMILES string of the molecule is CCCCc1c(-c2ccccc2C)c(C(N)=O)c(C)n1CCCN1CCCC1=O. The zero-order chi connectivity index (χ0) is 21.0. The third-order valence-electron chi connectivity index (χ3n) is 6.04. The second kappa shape index (κ2) is 9.29. The first kappa shape index (κ1) is 21.2. The van der Waals surface area contributed by atoms with E-state index in [9.17, 15) is 9.59 Å². The van der Waals surface area contributed by atoms with Crippen molar-refractivity contribution in [1.82, 2.24) is 9.47 Å². The molecule has 1 aliphatic heterocycles. The van der Waals surface area contributed by atoms with Gasteiger partial charge in [-0.05, 0) is 50.7 Å². The Bertz CT molecular complexity index is 898. The molecule has 1 aromatic carbocycles. The Balaban J connectivity index is 2.00. The van der Waals surface area contributed by atoms with Crippen LogP contribution in [0.25, 0.3) is 11.1 Å². The van der Waals surface area contributed by atoms with Crippen LogP contribution in [0.1, 0.15) is 66.3 Å². The van der Waals surface area contributed by atoms with Crippen molar-refractivity contribution < 1.29 is 9.59 Å². The average Bonchev–Trinajstić information content (AvgIpc) is 3.21. The first-order chi connectivity index (χ1) is 14.0. The Morgan fingerprint density at radius 1 is 1.14 bits per heavy atom. The molecule has 2 amide bonds. The number of rotatable bonds is 9. The minimum absolute atomic E-state index is 0.263. The van der Waals surface area contributed by atoms with Crippen LogP contribution in [0.2, 0.25) is 0 Å². The molecule has 2 aromatic rings. The first-order valence-electron chi connectivity index (χ1n) is 10.8. The van der Waals surface area contributed by atoms with E-state index in [1.807, 2.05) is 24.0 Å². The highest BCUT2D eigenvalue weighted by molar-refractivity contribution is 6.02. The van der Waals surface area contributed by atoms with Crippen molar-refractivity contribution >= 4 is 11.8 Å². The normalized spacial score (nSPS) is 14.0. The summed E-state index contributed by atoms with van der Waals surface area (Å²) in [5.41, 5.74) is 11.9. The molecule has 2 heterocycles. The summed E-state index contributed by atoms with van der Waals surface area (Å²) in [5, 5.41) is 0. The lowest BCUT2D eigenvalue weighted by Gasteiger charge is -2.18. The van der Waals surface area contributed by atoms with Crippen molar-refractivity contribution in [2.45, 2.75) is 65.8 Å². The fraction of sp³-hybridized carbons (Fsp3) is 0.500. The van der Waals surface area contributed by atoms with E-state index in [1.54, 1.807) is 0 Å². The second-order valence-electron chi connectivity index (χ2n) is 8.05. The van der Waals surface area contributed by atoms with Gasteiger partial charge in [0.25, 0.3) is 5.91 Å². The lowest BCUT2D eigenvalue weighted by molar-refractivity contribution is -0.127. The molecule has 5 nitrogen and oxygen atoms in total. The van der Waals surface area contributed by atoms with Crippen molar-refractivity contribution in [1.29, 1.82) is 0 Å². The molecule has 0 radical (unpaired) electrons. The third-order valence-corrected chi connectivity index (χ3v) is 6.04. The Morgan fingerprint density at radius 3 is 2.52 bits per heavy atom. The lowest BCUT2D eigenvalue weighted by Crippen LogP contribution is -2.26. The van der Waals surface area contributed by atoms with Crippen molar-refractivity contribution in [2.24, 2.45) is 5.73 Å². The molecule has 3 rings (SSSR count). The van der Waals surface area contributed by atoms with Crippen molar-refractivity contribution in [3.05, 3.63) is 46.8 Å². The van der Waals surface area contributed by atoms with E-state index in [4.69, 9.17) is 5.73 Å². The van der Waals surface area contributed by atoms with Gasteiger partial charge in [0.1, 0.15) is 0 Å². The topological polar surface area (TPSA) is 68.3 Å². The number of aryl methyl sites for hydroxylation is 1. The predicted octanol–water partition coefficient (Wildman–Crippen LogP) is 4.23. The van der Waals surface area contributed by atoms with E-state index < -0.39 is 0 Å². The first-order valence-corrected chi connectivity index (χ1v) is 10.8. The van der Waals surface area contributed by atoms with Gasteiger partial charge in [-0.2, -0.15) is 0 Å². The number of likely N-dealkylation sites (tertiary alicyclic amines) is 1. The van der Waals surface area contributed by atoms with Gasteiger partial charge in [0.15, 0.2) is 0 Å². The number of nitrogens with zero attached hydrogens (tertiary/aromatic N) is 2. The summed E-state index contributed by atoms with van der Waals surface area (Å²) in [6, 6.07) is 8.20. The minimum Gasteiger partial charge on any atom is -0.366 e. The molecule has 1 aromatic heterocycles. The molecule has 156 valence electrons. The van der Waals surface area contributed by atoms with Gasteiger partial charge in [-0.1, -0.05) is 37.6 Å². The smallest absolute Gasteiger partial charge is 0.251 e. The summed E-state index contributed by atoms with van der Waals surface area (Å²) in [6.07, 6.45) is 5.58. The third kappa shape index (κ3) is 4.39. The summed E-state index contributed by atoms with van der Waals surface area (Å²) in [4.78, 5) is 26.3. The highest BCUT2D eigenvalue weighted by Gasteiger charge is 2.25. The maximum atomic E-state index is 12.4. The number of nitrogens with two attached hydrogens (primary N) is 1. The molecule has 0 saturated carbocycles. The number of primary amides is 1. The summed E-state index contributed by atoms with van der Waals surface area (Å²) < 4.78 is 2.28. The van der Waals surface area contributed by atoms with Gasteiger partial charge in [0, 0.05) is 43.0 Å². The number of carbonyl (C=O) groups is 2. The largest absolute Gasteiger partial charge is 0.366 e.